The molecule has 0 atom stereocenters. The van der Waals surface area contributed by atoms with Crippen molar-refractivity contribution in [2.24, 2.45) is 0 Å². The van der Waals surface area contributed by atoms with Crippen LogP contribution in [0.2, 0.25) is 0 Å². The van der Waals surface area contributed by atoms with Gasteiger partial charge in [0.25, 0.3) is 0 Å². The highest BCUT2D eigenvalue weighted by atomic mass is 79.9. The highest BCUT2D eigenvalue weighted by Crippen LogP contribution is 2.40. The second-order valence-corrected chi connectivity index (χ2v) is 5.27. The molecule has 1 saturated carbocycles. The zero-order valence-electron chi connectivity index (χ0n) is 9.49. The largest absolute Gasteiger partial charge is 0.0622 e. The van der Waals surface area contributed by atoms with Crippen molar-refractivity contribution < 1.29 is 0 Å². The van der Waals surface area contributed by atoms with Crippen LogP contribution in [0.1, 0.15) is 24.0 Å². The molecule has 0 aliphatic heterocycles. The van der Waals surface area contributed by atoms with Crippen LogP contribution >= 0.6 is 15.9 Å². The lowest BCUT2D eigenvalue weighted by molar-refractivity contribution is 1.50. The third-order valence-electron chi connectivity index (χ3n) is 3.05. The lowest BCUT2D eigenvalue weighted by Crippen LogP contribution is -1.87. The Kier molecular flexibility index (Phi) is 2.86. The molecule has 0 nitrogen and oxygen atoms in total. The van der Waals surface area contributed by atoms with Gasteiger partial charge in [-0.15, -0.1) is 0 Å². The number of halogens is 1. The molecule has 0 unspecified atom stereocenters. The fraction of sp³-hybridized carbons (Fsp3) is 0.125. The molecule has 1 fully saturated rings. The van der Waals surface area contributed by atoms with Gasteiger partial charge in [-0.3, -0.25) is 0 Å². The summed E-state index contributed by atoms with van der Waals surface area (Å²) >= 11 is 3.49. The molecule has 2 aromatic rings. The van der Waals surface area contributed by atoms with Crippen LogP contribution in [0.3, 0.4) is 0 Å². The molecule has 84 valence electrons. The monoisotopic (exact) mass is 284 g/mol. The Bertz CT molecular complexity index is 544. The lowest BCUT2D eigenvalue weighted by atomic mass is 9.97. The molecule has 0 amide bonds. The molecule has 3 rings (SSSR count). The lowest BCUT2D eigenvalue weighted by Gasteiger charge is -2.08. The normalized spacial score (nSPS) is 13.6. The summed E-state index contributed by atoms with van der Waals surface area (Å²) in [6.07, 6.45) is 2.50. The average molecular weight is 285 g/mol. The summed E-state index contributed by atoms with van der Waals surface area (Å²) in [4.78, 5) is 0. The van der Waals surface area contributed by atoms with E-state index in [9.17, 15) is 0 Å². The maximum atomic E-state index is 3.49. The van der Waals surface area contributed by atoms with Gasteiger partial charge >= 0.3 is 0 Å². The van der Waals surface area contributed by atoms with Gasteiger partial charge in [0, 0.05) is 4.47 Å². The maximum Gasteiger partial charge on any atom is 0.0175 e. The van der Waals surface area contributed by atoms with E-state index in [1.807, 2.05) is 0 Å². The van der Waals surface area contributed by atoms with Crippen LogP contribution in [0.25, 0.3) is 5.57 Å². The van der Waals surface area contributed by atoms with Crippen molar-refractivity contribution in [2.45, 2.75) is 12.8 Å². The summed E-state index contributed by atoms with van der Waals surface area (Å²) in [5, 5.41) is 0. The Labute approximate surface area is 110 Å². The van der Waals surface area contributed by atoms with E-state index >= 15 is 0 Å². The smallest absolute Gasteiger partial charge is 0.0175 e. The zero-order valence-corrected chi connectivity index (χ0v) is 11.1. The fourth-order valence-electron chi connectivity index (χ4n) is 2.11. The van der Waals surface area contributed by atoms with Crippen LogP contribution in [0, 0.1) is 0 Å². The van der Waals surface area contributed by atoms with Gasteiger partial charge in [-0.05, 0) is 41.7 Å². The Morgan fingerprint density at radius 3 is 1.94 bits per heavy atom. The summed E-state index contributed by atoms with van der Waals surface area (Å²) in [5.41, 5.74) is 5.67. The van der Waals surface area contributed by atoms with E-state index < -0.39 is 0 Å². The van der Waals surface area contributed by atoms with Crippen LogP contribution in [0.4, 0.5) is 0 Å². The van der Waals surface area contributed by atoms with Gasteiger partial charge in [-0.1, -0.05) is 64.0 Å². The first-order valence-corrected chi connectivity index (χ1v) is 6.67. The summed E-state index contributed by atoms with van der Waals surface area (Å²) in [6.45, 7) is 0. The fourth-order valence-corrected chi connectivity index (χ4v) is 2.37. The van der Waals surface area contributed by atoms with Crippen molar-refractivity contribution in [3.8, 4) is 0 Å². The van der Waals surface area contributed by atoms with Crippen molar-refractivity contribution >= 4 is 21.5 Å². The highest BCUT2D eigenvalue weighted by Gasteiger charge is 2.19. The molecule has 1 aliphatic carbocycles. The quantitative estimate of drug-likeness (QED) is 0.724. The van der Waals surface area contributed by atoms with Crippen LogP contribution in [0.5, 0.6) is 0 Å². The molecule has 2 aromatic carbocycles. The van der Waals surface area contributed by atoms with Crippen LogP contribution in [-0.2, 0) is 0 Å². The number of allylic oxidation sites excluding steroid dienone is 1. The molecule has 0 aromatic heterocycles. The highest BCUT2D eigenvalue weighted by molar-refractivity contribution is 9.10. The van der Waals surface area contributed by atoms with Crippen molar-refractivity contribution in [1.82, 2.24) is 0 Å². The number of rotatable bonds is 2. The van der Waals surface area contributed by atoms with E-state index in [1.165, 1.54) is 29.5 Å². The van der Waals surface area contributed by atoms with E-state index in [1.54, 1.807) is 5.57 Å². The molecule has 0 heterocycles. The van der Waals surface area contributed by atoms with Gasteiger partial charge < -0.3 is 0 Å². The van der Waals surface area contributed by atoms with Gasteiger partial charge in [0.1, 0.15) is 0 Å². The van der Waals surface area contributed by atoms with E-state index in [-0.39, 0.29) is 0 Å². The molecule has 17 heavy (non-hydrogen) atoms. The Morgan fingerprint density at radius 1 is 0.765 bits per heavy atom. The van der Waals surface area contributed by atoms with Crippen LogP contribution in [0.15, 0.2) is 64.6 Å². The molecule has 0 spiro atoms. The molecule has 0 bridgehead atoms. The van der Waals surface area contributed by atoms with Crippen LogP contribution < -0.4 is 0 Å². The van der Waals surface area contributed by atoms with Crippen molar-refractivity contribution in [3.63, 3.8) is 0 Å². The first-order valence-electron chi connectivity index (χ1n) is 5.88. The summed E-state index contributed by atoms with van der Waals surface area (Å²) in [6, 6.07) is 19.3. The van der Waals surface area contributed by atoms with Gasteiger partial charge in [-0.25, -0.2) is 0 Å². The minimum Gasteiger partial charge on any atom is -0.0622 e. The van der Waals surface area contributed by atoms with E-state index in [0.29, 0.717) is 0 Å². The zero-order chi connectivity index (χ0) is 11.7. The predicted molar refractivity (Wildman–Crippen MR) is 75.8 cm³/mol. The summed E-state index contributed by atoms with van der Waals surface area (Å²) < 4.78 is 1.13. The van der Waals surface area contributed by atoms with Crippen molar-refractivity contribution in [3.05, 3.63) is 75.8 Å². The minimum atomic E-state index is 1.13. The Morgan fingerprint density at radius 2 is 1.35 bits per heavy atom. The number of hydrogen-bond donors (Lipinski definition) is 0. The maximum absolute atomic E-state index is 3.49. The first-order chi connectivity index (χ1) is 8.34. The summed E-state index contributed by atoms with van der Waals surface area (Å²) in [5.74, 6) is 0. The van der Waals surface area contributed by atoms with Crippen LogP contribution in [-0.4, -0.2) is 0 Å². The molecular formula is C16H13Br. The minimum absolute atomic E-state index is 1.13. The van der Waals surface area contributed by atoms with Crippen molar-refractivity contribution in [1.29, 1.82) is 0 Å². The third kappa shape index (κ3) is 2.34. The Hall–Kier alpha value is -1.34. The molecule has 0 saturated heterocycles. The van der Waals surface area contributed by atoms with Gasteiger partial charge in [0.15, 0.2) is 0 Å². The molecule has 1 aliphatic rings. The summed E-state index contributed by atoms with van der Waals surface area (Å²) in [7, 11) is 0. The molecule has 0 N–H and O–H groups in total. The predicted octanol–water partition coefficient (Wildman–Crippen LogP) is 5.04. The SMILES string of the molecule is Brc1ccc(C(=C2CC2)c2ccccc2)cc1. The third-order valence-corrected chi connectivity index (χ3v) is 3.58. The van der Waals surface area contributed by atoms with E-state index in [2.05, 4.69) is 70.5 Å². The first kappa shape index (κ1) is 10.8. The second kappa shape index (κ2) is 4.50. The number of benzene rings is 2. The Balaban J connectivity index is 2.09. The van der Waals surface area contributed by atoms with Gasteiger partial charge in [0.2, 0.25) is 0 Å². The molecular weight excluding hydrogens is 272 g/mol. The average Bonchev–Trinajstić information content (AvgIpc) is 3.18. The second-order valence-electron chi connectivity index (χ2n) is 4.35. The van der Waals surface area contributed by atoms with Gasteiger partial charge in [-0.2, -0.15) is 0 Å². The van der Waals surface area contributed by atoms with E-state index in [0.717, 1.165) is 4.47 Å². The molecule has 0 radical (unpaired) electrons. The standard InChI is InChI=1S/C16H13Br/c17-15-10-8-14(9-11-15)16(13-6-7-13)12-4-2-1-3-5-12/h1-5,8-11H,6-7H2. The van der Waals surface area contributed by atoms with Crippen molar-refractivity contribution in [2.75, 3.05) is 0 Å². The molecule has 1 heteroatoms. The van der Waals surface area contributed by atoms with E-state index in [4.69, 9.17) is 0 Å². The number of hydrogen-bond acceptors (Lipinski definition) is 0. The topological polar surface area (TPSA) is 0 Å². The van der Waals surface area contributed by atoms with Gasteiger partial charge in [0.05, 0.1) is 0 Å².